The van der Waals surface area contributed by atoms with Crippen molar-refractivity contribution in [3.05, 3.63) is 35.4 Å². The van der Waals surface area contributed by atoms with Crippen molar-refractivity contribution in [3.8, 4) is 12.3 Å². The maximum Gasteiger partial charge on any atom is 0.216 e. The van der Waals surface area contributed by atoms with Gasteiger partial charge in [-0.2, -0.15) is 0 Å². The Balaban J connectivity index is 2.40. The average molecular weight is 184 g/mol. The molecule has 2 heteroatoms. The zero-order chi connectivity index (χ0) is 10.1. The van der Waals surface area contributed by atoms with Crippen LogP contribution in [0.15, 0.2) is 24.3 Å². The van der Waals surface area contributed by atoms with Crippen LogP contribution in [0.25, 0.3) is 0 Å². The van der Waals surface area contributed by atoms with Gasteiger partial charge in [0.1, 0.15) is 0 Å². The molecular formula is C12H8O2. The highest BCUT2D eigenvalue weighted by molar-refractivity contribution is 6.18. The highest BCUT2D eigenvalue weighted by Gasteiger charge is 2.34. The van der Waals surface area contributed by atoms with E-state index in [0.717, 1.165) is 5.56 Å². The predicted molar refractivity (Wildman–Crippen MR) is 51.8 cm³/mol. The Bertz CT molecular complexity index is 452. The molecule has 68 valence electrons. The lowest BCUT2D eigenvalue weighted by Gasteiger charge is -1.98. The topological polar surface area (TPSA) is 34.1 Å². The molecule has 1 unspecified atom stereocenters. The maximum atomic E-state index is 11.7. The van der Waals surface area contributed by atoms with Crippen molar-refractivity contribution in [2.75, 3.05) is 0 Å². The maximum absolute atomic E-state index is 11.7. The van der Waals surface area contributed by atoms with E-state index in [1.807, 2.05) is 18.1 Å². The molecule has 1 aliphatic rings. The lowest BCUT2D eigenvalue weighted by molar-refractivity contribution is -0.115. The van der Waals surface area contributed by atoms with Gasteiger partial charge in [-0.15, -0.1) is 6.42 Å². The molecule has 1 aliphatic carbocycles. The predicted octanol–water partition coefficient (Wildman–Crippen LogP) is 1.24. The van der Waals surface area contributed by atoms with E-state index in [9.17, 15) is 9.59 Å². The zero-order valence-corrected chi connectivity index (χ0v) is 7.49. The normalized spacial score (nSPS) is 18.8. The summed E-state index contributed by atoms with van der Waals surface area (Å²) in [7, 11) is 0. The van der Waals surface area contributed by atoms with E-state index >= 15 is 0 Å². The first kappa shape index (κ1) is 8.71. The molecule has 0 N–H and O–H groups in total. The number of hydrogen-bond donors (Lipinski definition) is 0. The number of ketones is 2. The van der Waals surface area contributed by atoms with Crippen LogP contribution in [0.5, 0.6) is 0 Å². The van der Waals surface area contributed by atoms with Crippen molar-refractivity contribution >= 4 is 11.6 Å². The Kier molecular flexibility index (Phi) is 1.94. The van der Waals surface area contributed by atoms with Gasteiger partial charge in [0.25, 0.3) is 0 Å². The number of hydrogen-bond acceptors (Lipinski definition) is 2. The van der Waals surface area contributed by atoms with Gasteiger partial charge in [-0.3, -0.25) is 9.59 Å². The number of terminal acetylenes is 1. The van der Waals surface area contributed by atoms with Crippen LogP contribution in [-0.4, -0.2) is 11.6 Å². The van der Waals surface area contributed by atoms with Gasteiger partial charge in [0.2, 0.25) is 5.78 Å². The molecule has 0 aromatic heterocycles. The van der Waals surface area contributed by atoms with Crippen molar-refractivity contribution in [1.82, 2.24) is 0 Å². The molecule has 0 amide bonds. The summed E-state index contributed by atoms with van der Waals surface area (Å²) in [4.78, 5) is 22.9. The Morgan fingerprint density at radius 3 is 2.79 bits per heavy atom. The highest BCUT2D eigenvalue weighted by Crippen LogP contribution is 2.26. The first-order chi connectivity index (χ1) is 6.74. The van der Waals surface area contributed by atoms with Crippen LogP contribution in [0.2, 0.25) is 0 Å². The van der Waals surface area contributed by atoms with E-state index in [4.69, 9.17) is 6.42 Å². The van der Waals surface area contributed by atoms with Gasteiger partial charge in [0.15, 0.2) is 5.78 Å². The second kappa shape index (κ2) is 3.12. The minimum atomic E-state index is -0.641. The number of carbonyl (C=O) groups is 2. The molecule has 0 spiro atoms. The molecule has 1 aromatic carbocycles. The van der Waals surface area contributed by atoms with Gasteiger partial charge in [-0.05, 0) is 17.9 Å². The average Bonchev–Trinajstić information content (AvgIpc) is 2.56. The SMILES string of the molecule is C#CC(=O)C1Cc2ccccc2C1=O. The summed E-state index contributed by atoms with van der Waals surface area (Å²) in [6.45, 7) is 0. The van der Waals surface area contributed by atoms with Crippen LogP contribution in [0.4, 0.5) is 0 Å². The minimum absolute atomic E-state index is 0.136. The van der Waals surface area contributed by atoms with E-state index < -0.39 is 11.7 Å². The molecule has 2 nitrogen and oxygen atoms in total. The smallest absolute Gasteiger partial charge is 0.216 e. The van der Waals surface area contributed by atoms with Crippen LogP contribution in [-0.2, 0) is 11.2 Å². The summed E-state index contributed by atoms with van der Waals surface area (Å²) in [5.41, 5.74) is 1.56. The molecule has 0 saturated carbocycles. The third kappa shape index (κ3) is 1.14. The van der Waals surface area contributed by atoms with Crippen LogP contribution in [0, 0.1) is 18.3 Å². The number of carbonyl (C=O) groups excluding carboxylic acids is 2. The third-order valence-corrected chi connectivity index (χ3v) is 2.48. The van der Waals surface area contributed by atoms with E-state index in [2.05, 4.69) is 0 Å². The molecule has 1 atom stereocenters. The number of fused-ring (bicyclic) bond motifs is 1. The van der Waals surface area contributed by atoms with Crippen LogP contribution in [0.3, 0.4) is 0 Å². The van der Waals surface area contributed by atoms with Crippen molar-refractivity contribution in [3.63, 3.8) is 0 Å². The van der Waals surface area contributed by atoms with Gasteiger partial charge < -0.3 is 0 Å². The summed E-state index contributed by atoms with van der Waals surface area (Å²) in [6, 6.07) is 7.24. The van der Waals surface area contributed by atoms with Crippen molar-refractivity contribution < 1.29 is 9.59 Å². The van der Waals surface area contributed by atoms with E-state index in [0.29, 0.717) is 12.0 Å². The monoisotopic (exact) mass is 184 g/mol. The molecular weight excluding hydrogens is 176 g/mol. The molecule has 1 aromatic rings. The Morgan fingerprint density at radius 2 is 2.14 bits per heavy atom. The zero-order valence-electron chi connectivity index (χ0n) is 7.49. The molecule has 14 heavy (non-hydrogen) atoms. The van der Waals surface area contributed by atoms with Crippen LogP contribution >= 0.6 is 0 Å². The van der Waals surface area contributed by atoms with Crippen molar-refractivity contribution in [1.29, 1.82) is 0 Å². The van der Waals surface area contributed by atoms with Gasteiger partial charge in [-0.25, -0.2) is 0 Å². The summed E-state index contributed by atoms with van der Waals surface area (Å²) >= 11 is 0. The molecule has 0 aliphatic heterocycles. The second-order valence-electron chi connectivity index (χ2n) is 3.29. The fourth-order valence-electron chi connectivity index (χ4n) is 1.75. The van der Waals surface area contributed by atoms with Crippen LogP contribution < -0.4 is 0 Å². The van der Waals surface area contributed by atoms with Gasteiger partial charge in [-0.1, -0.05) is 24.3 Å². The molecule has 0 fully saturated rings. The third-order valence-electron chi connectivity index (χ3n) is 2.48. The first-order valence-corrected chi connectivity index (χ1v) is 4.36. The molecule has 0 saturated heterocycles. The van der Waals surface area contributed by atoms with Gasteiger partial charge in [0, 0.05) is 5.56 Å². The van der Waals surface area contributed by atoms with Gasteiger partial charge >= 0.3 is 0 Å². The Morgan fingerprint density at radius 1 is 1.43 bits per heavy atom. The molecule has 2 rings (SSSR count). The summed E-state index contributed by atoms with van der Waals surface area (Å²) in [5.74, 6) is 0.825. The number of benzene rings is 1. The second-order valence-corrected chi connectivity index (χ2v) is 3.29. The molecule has 0 radical (unpaired) electrons. The number of Topliss-reactive ketones (excluding diaryl/α,β-unsaturated/α-hetero) is 2. The highest BCUT2D eigenvalue weighted by atomic mass is 16.1. The lowest BCUT2D eigenvalue weighted by atomic mass is 10.0. The van der Waals surface area contributed by atoms with Crippen molar-refractivity contribution in [2.24, 2.45) is 5.92 Å². The quantitative estimate of drug-likeness (QED) is 0.374. The minimum Gasteiger partial charge on any atom is -0.293 e. The summed E-state index contributed by atoms with van der Waals surface area (Å²) < 4.78 is 0. The largest absolute Gasteiger partial charge is 0.293 e. The Hall–Kier alpha value is -1.88. The standard InChI is InChI=1S/C12H8O2/c1-2-11(13)10-7-8-5-3-4-6-9(8)12(10)14/h1,3-6,10H,7H2. The van der Waals surface area contributed by atoms with Crippen LogP contribution in [0.1, 0.15) is 15.9 Å². The fourth-order valence-corrected chi connectivity index (χ4v) is 1.75. The van der Waals surface area contributed by atoms with Gasteiger partial charge in [0.05, 0.1) is 5.92 Å². The fraction of sp³-hybridized carbons (Fsp3) is 0.167. The van der Waals surface area contributed by atoms with E-state index in [-0.39, 0.29) is 5.78 Å². The van der Waals surface area contributed by atoms with E-state index in [1.54, 1.807) is 12.1 Å². The van der Waals surface area contributed by atoms with E-state index in [1.165, 1.54) is 0 Å². The molecule has 0 bridgehead atoms. The Labute approximate surface area is 81.9 Å². The lowest BCUT2D eigenvalue weighted by Crippen LogP contribution is -2.18. The summed E-state index contributed by atoms with van der Waals surface area (Å²) in [5, 5.41) is 0. The van der Waals surface area contributed by atoms with Crippen molar-refractivity contribution in [2.45, 2.75) is 6.42 Å². The summed E-state index contributed by atoms with van der Waals surface area (Å²) in [6.07, 6.45) is 5.45. The first-order valence-electron chi connectivity index (χ1n) is 4.36. The number of rotatable bonds is 1. The molecule has 0 heterocycles.